The van der Waals surface area contributed by atoms with Crippen molar-refractivity contribution in [3.63, 3.8) is 0 Å². The summed E-state index contributed by atoms with van der Waals surface area (Å²) in [7, 11) is 1.58. The SMILES string of the molecule is CNC(=O)c1ccc(N2CCCN(c3ccc(C)nn3)CC2)nn1. The third-order valence-corrected chi connectivity index (χ3v) is 4.04. The maximum Gasteiger partial charge on any atom is 0.271 e. The van der Waals surface area contributed by atoms with Crippen LogP contribution < -0.4 is 15.1 Å². The van der Waals surface area contributed by atoms with Crippen LogP contribution in [0.4, 0.5) is 11.6 Å². The Morgan fingerprint density at radius 1 is 0.917 bits per heavy atom. The zero-order chi connectivity index (χ0) is 16.9. The summed E-state index contributed by atoms with van der Waals surface area (Å²) in [6.45, 7) is 5.42. The molecule has 0 unspecified atom stereocenters. The number of rotatable bonds is 3. The van der Waals surface area contributed by atoms with Crippen molar-refractivity contribution in [1.82, 2.24) is 25.7 Å². The van der Waals surface area contributed by atoms with Gasteiger partial charge in [-0.15, -0.1) is 15.3 Å². The highest BCUT2D eigenvalue weighted by molar-refractivity contribution is 5.91. The first kappa shape index (κ1) is 16.1. The summed E-state index contributed by atoms with van der Waals surface area (Å²) < 4.78 is 0. The van der Waals surface area contributed by atoms with Gasteiger partial charge in [0.15, 0.2) is 17.3 Å². The lowest BCUT2D eigenvalue weighted by atomic mass is 10.3. The van der Waals surface area contributed by atoms with E-state index in [1.807, 2.05) is 25.1 Å². The predicted octanol–water partition coefficient (Wildman–Crippen LogP) is 0.651. The number of aryl methyl sites for hydroxylation is 1. The van der Waals surface area contributed by atoms with Gasteiger partial charge in [-0.25, -0.2) is 0 Å². The maximum absolute atomic E-state index is 11.5. The zero-order valence-corrected chi connectivity index (χ0v) is 13.9. The molecule has 1 N–H and O–H groups in total. The minimum atomic E-state index is -0.228. The Morgan fingerprint density at radius 2 is 1.54 bits per heavy atom. The molecule has 0 saturated carbocycles. The highest BCUT2D eigenvalue weighted by Gasteiger charge is 2.18. The number of hydrogen-bond acceptors (Lipinski definition) is 7. The minimum absolute atomic E-state index is 0.228. The second-order valence-corrected chi connectivity index (χ2v) is 5.72. The largest absolute Gasteiger partial charge is 0.354 e. The van der Waals surface area contributed by atoms with Crippen molar-refractivity contribution in [2.24, 2.45) is 0 Å². The molecule has 0 atom stereocenters. The van der Waals surface area contributed by atoms with Crippen molar-refractivity contribution in [1.29, 1.82) is 0 Å². The zero-order valence-electron chi connectivity index (χ0n) is 13.9. The number of nitrogens with one attached hydrogen (secondary N) is 1. The number of nitrogens with zero attached hydrogens (tertiary/aromatic N) is 6. The number of carbonyl (C=O) groups excluding carboxylic acids is 1. The van der Waals surface area contributed by atoms with E-state index in [2.05, 4.69) is 35.5 Å². The summed E-state index contributed by atoms with van der Waals surface area (Å²) in [5, 5.41) is 19.1. The molecule has 2 aromatic rings. The monoisotopic (exact) mass is 327 g/mol. The van der Waals surface area contributed by atoms with Crippen molar-refractivity contribution in [3.8, 4) is 0 Å². The summed E-state index contributed by atoms with van der Waals surface area (Å²) in [6.07, 6.45) is 0.994. The fraction of sp³-hybridized carbons (Fsp3) is 0.438. The van der Waals surface area contributed by atoms with Crippen molar-refractivity contribution in [2.45, 2.75) is 13.3 Å². The van der Waals surface area contributed by atoms with Gasteiger partial charge in [0.25, 0.3) is 5.91 Å². The van der Waals surface area contributed by atoms with Crippen LogP contribution in [0.15, 0.2) is 24.3 Å². The second kappa shape index (κ2) is 7.20. The molecule has 0 radical (unpaired) electrons. The number of anilines is 2. The van der Waals surface area contributed by atoms with Crippen molar-refractivity contribution in [3.05, 3.63) is 35.7 Å². The lowest BCUT2D eigenvalue weighted by Crippen LogP contribution is -2.32. The Bertz CT molecular complexity index is 687. The van der Waals surface area contributed by atoms with Gasteiger partial charge in [0.05, 0.1) is 5.69 Å². The first-order valence-corrected chi connectivity index (χ1v) is 8.03. The highest BCUT2D eigenvalue weighted by atomic mass is 16.1. The first-order valence-electron chi connectivity index (χ1n) is 8.03. The topological polar surface area (TPSA) is 87.1 Å². The quantitative estimate of drug-likeness (QED) is 0.885. The molecule has 0 spiro atoms. The van der Waals surface area contributed by atoms with E-state index in [1.165, 1.54) is 0 Å². The Hall–Kier alpha value is -2.77. The molecule has 2 aromatic heterocycles. The molecule has 24 heavy (non-hydrogen) atoms. The lowest BCUT2D eigenvalue weighted by Gasteiger charge is -2.22. The van der Waals surface area contributed by atoms with Gasteiger partial charge in [-0.1, -0.05) is 0 Å². The normalized spacial score (nSPS) is 15.1. The Balaban J connectivity index is 1.67. The van der Waals surface area contributed by atoms with E-state index in [0.29, 0.717) is 5.69 Å². The Labute approximate surface area is 140 Å². The molecule has 0 aliphatic carbocycles. The van der Waals surface area contributed by atoms with Crippen LogP contribution in [0.1, 0.15) is 22.6 Å². The molecule has 3 heterocycles. The van der Waals surface area contributed by atoms with Gasteiger partial charge in [-0.05, 0) is 37.6 Å². The van der Waals surface area contributed by atoms with Gasteiger partial charge in [0.2, 0.25) is 0 Å². The van der Waals surface area contributed by atoms with Crippen LogP contribution in [0.3, 0.4) is 0 Å². The molecule has 1 saturated heterocycles. The first-order chi connectivity index (χ1) is 11.7. The third kappa shape index (κ3) is 3.58. The van der Waals surface area contributed by atoms with E-state index in [4.69, 9.17) is 0 Å². The number of carbonyl (C=O) groups is 1. The molecule has 1 amide bonds. The molecule has 1 aliphatic heterocycles. The average Bonchev–Trinajstić information content (AvgIpc) is 2.88. The van der Waals surface area contributed by atoms with E-state index < -0.39 is 0 Å². The van der Waals surface area contributed by atoms with E-state index in [-0.39, 0.29) is 5.91 Å². The average molecular weight is 327 g/mol. The van der Waals surface area contributed by atoms with Crippen LogP contribution in [-0.2, 0) is 0 Å². The summed E-state index contributed by atoms with van der Waals surface area (Å²) in [4.78, 5) is 16.0. The Kier molecular flexibility index (Phi) is 4.83. The van der Waals surface area contributed by atoms with Gasteiger partial charge in [-0.2, -0.15) is 5.10 Å². The third-order valence-electron chi connectivity index (χ3n) is 4.04. The fourth-order valence-electron chi connectivity index (χ4n) is 2.68. The summed E-state index contributed by atoms with van der Waals surface area (Å²) in [5.74, 6) is 1.47. The smallest absolute Gasteiger partial charge is 0.271 e. The lowest BCUT2D eigenvalue weighted by molar-refractivity contribution is 0.0957. The molecular formula is C16H21N7O. The minimum Gasteiger partial charge on any atom is -0.354 e. The van der Waals surface area contributed by atoms with Crippen molar-refractivity contribution < 1.29 is 4.79 Å². The standard InChI is InChI=1S/C16H21N7O/c1-12-4-6-14(20-18-12)22-8-3-9-23(11-10-22)15-7-5-13(19-21-15)16(24)17-2/h4-7H,3,8-11H2,1-2H3,(H,17,24). The molecule has 1 fully saturated rings. The van der Waals surface area contributed by atoms with Crippen LogP contribution >= 0.6 is 0 Å². The molecule has 1 aliphatic rings. The fourth-order valence-corrected chi connectivity index (χ4v) is 2.68. The van der Waals surface area contributed by atoms with E-state index in [9.17, 15) is 4.79 Å². The maximum atomic E-state index is 11.5. The van der Waals surface area contributed by atoms with Gasteiger partial charge < -0.3 is 15.1 Å². The summed E-state index contributed by atoms with van der Waals surface area (Å²) in [6, 6.07) is 7.54. The van der Waals surface area contributed by atoms with Gasteiger partial charge in [-0.3, -0.25) is 4.79 Å². The second-order valence-electron chi connectivity index (χ2n) is 5.72. The van der Waals surface area contributed by atoms with Crippen LogP contribution in [-0.4, -0.2) is 59.5 Å². The summed E-state index contributed by atoms with van der Waals surface area (Å²) in [5.41, 5.74) is 1.24. The molecule has 126 valence electrons. The van der Waals surface area contributed by atoms with Gasteiger partial charge in [0.1, 0.15) is 0 Å². The van der Waals surface area contributed by atoms with Crippen LogP contribution in [0.25, 0.3) is 0 Å². The van der Waals surface area contributed by atoms with Crippen LogP contribution in [0.2, 0.25) is 0 Å². The molecule has 0 aromatic carbocycles. The van der Waals surface area contributed by atoms with Crippen LogP contribution in [0.5, 0.6) is 0 Å². The Morgan fingerprint density at radius 3 is 2.04 bits per heavy atom. The molecular weight excluding hydrogens is 306 g/mol. The van der Waals surface area contributed by atoms with Gasteiger partial charge >= 0.3 is 0 Å². The molecule has 0 bridgehead atoms. The predicted molar refractivity (Wildman–Crippen MR) is 91.2 cm³/mol. The van der Waals surface area contributed by atoms with Crippen molar-refractivity contribution >= 4 is 17.5 Å². The number of hydrogen-bond donors (Lipinski definition) is 1. The molecule has 3 rings (SSSR count). The number of aromatic nitrogens is 4. The summed E-state index contributed by atoms with van der Waals surface area (Å²) >= 11 is 0. The molecule has 8 heteroatoms. The van der Waals surface area contributed by atoms with E-state index >= 15 is 0 Å². The van der Waals surface area contributed by atoms with E-state index in [0.717, 1.165) is 49.9 Å². The van der Waals surface area contributed by atoms with Gasteiger partial charge in [0, 0.05) is 33.2 Å². The van der Waals surface area contributed by atoms with Crippen molar-refractivity contribution in [2.75, 3.05) is 43.0 Å². The number of amides is 1. The van der Waals surface area contributed by atoms with Crippen LogP contribution in [0, 0.1) is 6.92 Å². The highest BCUT2D eigenvalue weighted by Crippen LogP contribution is 2.16. The molecule has 8 nitrogen and oxygen atoms in total. The van der Waals surface area contributed by atoms with E-state index in [1.54, 1.807) is 13.1 Å².